The minimum atomic E-state index is -0.421. The SMILES string of the molecule is CCOC(=O)c1cccc(OC)c1CC(=N)OC. The molecule has 5 heteroatoms. The maximum absolute atomic E-state index is 11.8. The summed E-state index contributed by atoms with van der Waals surface area (Å²) in [6.07, 6.45) is 0.189. The Hall–Kier alpha value is -2.04. The van der Waals surface area contributed by atoms with Crippen molar-refractivity contribution in [3.05, 3.63) is 29.3 Å². The van der Waals surface area contributed by atoms with E-state index >= 15 is 0 Å². The Bertz CT molecular complexity index is 443. The van der Waals surface area contributed by atoms with Gasteiger partial charge in [0.25, 0.3) is 0 Å². The number of hydrogen-bond acceptors (Lipinski definition) is 5. The summed E-state index contributed by atoms with van der Waals surface area (Å²) in [6.45, 7) is 2.05. The molecule has 0 bridgehead atoms. The molecule has 0 radical (unpaired) electrons. The maximum atomic E-state index is 11.8. The molecule has 0 aliphatic heterocycles. The van der Waals surface area contributed by atoms with Gasteiger partial charge in [0.2, 0.25) is 0 Å². The van der Waals surface area contributed by atoms with Crippen molar-refractivity contribution in [3.63, 3.8) is 0 Å². The third-order valence-corrected chi connectivity index (χ3v) is 2.43. The Kier molecular flexibility index (Phi) is 5.17. The van der Waals surface area contributed by atoms with E-state index in [0.29, 0.717) is 23.5 Å². The highest BCUT2D eigenvalue weighted by atomic mass is 16.5. The predicted octanol–water partition coefficient (Wildman–Crippen LogP) is 2.04. The van der Waals surface area contributed by atoms with Gasteiger partial charge in [-0.1, -0.05) is 6.07 Å². The fourth-order valence-corrected chi connectivity index (χ4v) is 1.57. The van der Waals surface area contributed by atoms with Crippen LogP contribution in [-0.4, -0.2) is 32.7 Å². The minimum absolute atomic E-state index is 0.0602. The summed E-state index contributed by atoms with van der Waals surface area (Å²) >= 11 is 0. The average Bonchev–Trinajstić information content (AvgIpc) is 2.38. The van der Waals surface area contributed by atoms with Crippen LogP contribution in [0.3, 0.4) is 0 Å². The van der Waals surface area contributed by atoms with Gasteiger partial charge in [-0.05, 0) is 19.1 Å². The van der Waals surface area contributed by atoms with Crippen LogP contribution in [-0.2, 0) is 15.9 Å². The summed E-state index contributed by atoms with van der Waals surface area (Å²) in [5, 5.41) is 7.56. The third-order valence-electron chi connectivity index (χ3n) is 2.43. The third kappa shape index (κ3) is 3.23. The number of benzene rings is 1. The van der Waals surface area contributed by atoms with Crippen molar-refractivity contribution in [2.45, 2.75) is 13.3 Å². The van der Waals surface area contributed by atoms with E-state index in [-0.39, 0.29) is 12.3 Å². The Balaban J connectivity index is 3.15. The van der Waals surface area contributed by atoms with Gasteiger partial charge in [-0.3, -0.25) is 5.41 Å². The number of esters is 1. The molecule has 1 aromatic carbocycles. The molecule has 0 heterocycles. The zero-order valence-electron chi connectivity index (χ0n) is 10.8. The van der Waals surface area contributed by atoms with E-state index in [4.69, 9.17) is 19.6 Å². The summed E-state index contributed by atoms with van der Waals surface area (Å²) < 4.78 is 15.0. The van der Waals surface area contributed by atoms with Gasteiger partial charge in [0.1, 0.15) is 5.75 Å². The van der Waals surface area contributed by atoms with E-state index in [1.54, 1.807) is 25.1 Å². The lowest BCUT2D eigenvalue weighted by Gasteiger charge is -2.13. The van der Waals surface area contributed by atoms with Crippen molar-refractivity contribution in [2.75, 3.05) is 20.8 Å². The number of carbonyl (C=O) groups excluding carboxylic acids is 1. The lowest BCUT2D eigenvalue weighted by molar-refractivity contribution is 0.0525. The first-order chi connectivity index (χ1) is 8.63. The quantitative estimate of drug-likeness (QED) is 0.494. The normalized spacial score (nSPS) is 9.72. The molecule has 0 aliphatic rings. The lowest BCUT2D eigenvalue weighted by atomic mass is 10.0. The molecular formula is C13H17NO4. The standard InChI is InChI=1S/C13H17NO4/c1-4-18-13(15)9-6-5-7-11(16-2)10(9)8-12(14)17-3/h5-7,14H,4,8H2,1-3H3. The van der Waals surface area contributed by atoms with Gasteiger partial charge in [-0.2, -0.15) is 0 Å². The van der Waals surface area contributed by atoms with Crippen molar-refractivity contribution >= 4 is 11.9 Å². The minimum Gasteiger partial charge on any atom is -0.496 e. The molecule has 0 saturated heterocycles. The smallest absolute Gasteiger partial charge is 0.338 e. The zero-order chi connectivity index (χ0) is 13.5. The first-order valence-electron chi connectivity index (χ1n) is 5.58. The number of carbonyl (C=O) groups is 1. The number of methoxy groups -OCH3 is 2. The van der Waals surface area contributed by atoms with Crippen molar-refractivity contribution < 1.29 is 19.0 Å². The van der Waals surface area contributed by atoms with Gasteiger partial charge in [0.15, 0.2) is 5.90 Å². The van der Waals surface area contributed by atoms with Crippen LogP contribution in [0, 0.1) is 5.41 Å². The van der Waals surface area contributed by atoms with E-state index < -0.39 is 5.97 Å². The Morgan fingerprint density at radius 3 is 2.61 bits per heavy atom. The first kappa shape index (κ1) is 14.0. The zero-order valence-corrected chi connectivity index (χ0v) is 10.8. The Labute approximate surface area is 106 Å². The highest BCUT2D eigenvalue weighted by Crippen LogP contribution is 2.24. The second-order valence-electron chi connectivity index (χ2n) is 3.51. The molecule has 18 heavy (non-hydrogen) atoms. The molecule has 0 atom stereocenters. The largest absolute Gasteiger partial charge is 0.496 e. The van der Waals surface area contributed by atoms with E-state index in [0.717, 1.165) is 0 Å². The van der Waals surface area contributed by atoms with Crippen LogP contribution in [0.2, 0.25) is 0 Å². The Morgan fingerprint density at radius 1 is 1.33 bits per heavy atom. The predicted molar refractivity (Wildman–Crippen MR) is 67.4 cm³/mol. The molecule has 0 spiro atoms. The van der Waals surface area contributed by atoms with Crippen LogP contribution < -0.4 is 4.74 Å². The molecule has 0 fully saturated rings. The van der Waals surface area contributed by atoms with Gasteiger partial charge in [0.05, 0.1) is 32.8 Å². The molecule has 5 nitrogen and oxygen atoms in total. The van der Waals surface area contributed by atoms with E-state index in [1.807, 2.05) is 0 Å². The summed E-state index contributed by atoms with van der Waals surface area (Å²) in [5.41, 5.74) is 1.00. The molecule has 1 N–H and O–H groups in total. The average molecular weight is 251 g/mol. The van der Waals surface area contributed by atoms with Crippen LogP contribution in [0.15, 0.2) is 18.2 Å². The van der Waals surface area contributed by atoms with E-state index in [9.17, 15) is 4.79 Å². The van der Waals surface area contributed by atoms with Crippen molar-refractivity contribution in [2.24, 2.45) is 0 Å². The Morgan fingerprint density at radius 2 is 2.06 bits per heavy atom. The summed E-state index contributed by atoms with van der Waals surface area (Å²) in [4.78, 5) is 11.8. The summed E-state index contributed by atoms with van der Waals surface area (Å²) in [6, 6.07) is 5.10. The number of nitrogens with one attached hydrogen (secondary N) is 1. The van der Waals surface area contributed by atoms with Crippen molar-refractivity contribution in [3.8, 4) is 5.75 Å². The van der Waals surface area contributed by atoms with E-state index in [1.165, 1.54) is 14.2 Å². The fraction of sp³-hybridized carbons (Fsp3) is 0.385. The van der Waals surface area contributed by atoms with Gasteiger partial charge in [-0.25, -0.2) is 4.79 Å². The first-order valence-corrected chi connectivity index (χ1v) is 5.58. The summed E-state index contributed by atoms with van der Waals surface area (Å²) in [7, 11) is 2.94. The number of rotatable bonds is 5. The topological polar surface area (TPSA) is 68.6 Å². The lowest BCUT2D eigenvalue weighted by Crippen LogP contribution is -2.13. The molecule has 0 amide bonds. The van der Waals surface area contributed by atoms with Crippen LogP contribution >= 0.6 is 0 Å². The highest BCUT2D eigenvalue weighted by Gasteiger charge is 2.17. The second kappa shape index (κ2) is 6.64. The second-order valence-corrected chi connectivity index (χ2v) is 3.51. The molecule has 98 valence electrons. The molecule has 1 aromatic rings. The molecule has 0 unspecified atom stereocenters. The highest BCUT2D eigenvalue weighted by molar-refractivity contribution is 5.93. The monoisotopic (exact) mass is 251 g/mol. The van der Waals surface area contributed by atoms with Crippen LogP contribution in [0.25, 0.3) is 0 Å². The molecule has 0 aromatic heterocycles. The fourth-order valence-electron chi connectivity index (χ4n) is 1.57. The maximum Gasteiger partial charge on any atom is 0.338 e. The van der Waals surface area contributed by atoms with Gasteiger partial charge in [0, 0.05) is 5.56 Å². The summed E-state index contributed by atoms with van der Waals surface area (Å²) in [5.74, 6) is 0.183. The number of ether oxygens (including phenoxy) is 3. The molecular weight excluding hydrogens is 234 g/mol. The molecule has 0 saturated carbocycles. The van der Waals surface area contributed by atoms with Crippen LogP contribution in [0.5, 0.6) is 5.75 Å². The van der Waals surface area contributed by atoms with Gasteiger partial charge in [-0.15, -0.1) is 0 Å². The van der Waals surface area contributed by atoms with Gasteiger partial charge >= 0.3 is 5.97 Å². The molecule has 1 rings (SSSR count). The van der Waals surface area contributed by atoms with Crippen LogP contribution in [0.4, 0.5) is 0 Å². The van der Waals surface area contributed by atoms with Crippen molar-refractivity contribution in [1.82, 2.24) is 0 Å². The van der Waals surface area contributed by atoms with E-state index in [2.05, 4.69) is 0 Å². The number of hydrogen-bond donors (Lipinski definition) is 1. The molecule has 0 aliphatic carbocycles. The van der Waals surface area contributed by atoms with Crippen molar-refractivity contribution in [1.29, 1.82) is 5.41 Å². The van der Waals surface area contributed by atoms with Crippen LogP contribution in [0.1, 0.15) is 22.8 Å². The van der Waals surface area contributed by atoms with Gasteiger partial charge < -0.3 is 14.2 Å².